The molecule has 2 fully saturated rings. The molecule has 2 saturated heterocycles. The number of phenols is 2. The number of methoxy groups -OCH3 is 2. The number of nitrogens with one attached hydrogen (secondary N) is 6. The Labute approximate surface area is 404 Å². The minimum absolute atomic E-state index is 0.0369. The molecule has 0 spiro atoms. The SMILES string of the molecule is COc1cccc2c1C(=O)c1c(O)c3c(c(O)c1C2=O)C[C@@](O)(C(=O)NCCNC(=O)NNC(=O)CNC(=O)CNC(=O)CCN1C(=O)C=CC1=O)C[C@@H]3OC1C[C@H](N2CCO[C@H](OC)C2)[C@H](O)[C@H](C)O1. The lowest BCUT2D eigenvalue weighted by Gasteiger charge is -2.47. The van der Waals surface area contributed by atoms with Crippen LogP contribution in [0, 0.1) is 0 Å². The van der Waals surface area contributed by atoms with E-state index < -0.39 is 144 Å². The summed E-state index contributed by atoms with van der Waals surface area (Å²) < 4.78 is 28.9. The smallest absolute Gasteiger partial charge is 0.333 e. The van der Waals surface area contributed by atoms with E-state index in [9.17, 15) is 63.6 Å². The molecule has 26 heteroatoms. The molecule has 26 nitrogen and oxygen atoms in total. The number of morpholine rings is 1. The second-order valence-corrected chi connectivity index (χ2v) is 17.2. The van der Waals surface area contributed by atoms with Gasteiger partial charge in [-0.05, 0) is 13.0 Å². The van der Waals surface area contributed by atoms with Crippen LogP contribution < -0.4 is 36.9 Å². The van der Waals surface area contributed by atoms with Gasteiger partial charge in [-0.15, -0.1) is 0 Å². The molecule has 2 aliphatic carbocycles. The van der Waals surface area contributed by atoms with Crippen molar-refractivity contribution in [2.24, 2.45) is 0 Å². The molecule has 0 bridgehead atoms. The molecule has 5 aliphatic rings. The van der Waals surface area contributed by atoms with Crippen molar-refractivity contribution in [3.05, 3.63) is 63.7 Å². The van der Waals surface area contributed by atoms with Crippen molar-refractivity contribution in [2.75, 3.05) is 66.6 Å². The molecule has 0 radical (unpaired) electrons. The Hall–Kier alpha value is -7.07. The molecule has 3 aliphatic heterocycles. The number of imide groups is 1. The third-order valence-electron chi connectivity index (χ3n) is 12.7. The molecule has 71 heavy (non-hydrogen) atoms. The summed E-state index contributed by atoms with van der Waals surface area (Å²) in [6.07, 6.45) is -4.39. The first-order chi connectivity index (χ1) is 33.8. The zero-order chi connectivity index (χ0) is 51.3. The molecule has 2 aromatic carbocycles. The Balaban J connectivity index is 0.980. The van der Waals surface area contributed by atoms with Gasteiger partial charge in [-0.1, -0.05) is 12.1 Å². The summed E-state index contributed by atoms with van der Waals surface area (Å²) in [4.78, 5) is 117. The van der Waals surface area contributed by atoms with Gasteiger partial charge in [0.2, 0.25) is 17.6 Å². The van der Waals surface area contributed by atoms with E-state index in [-0.39, 0.29) is 60.5 Å². The maximum Gasteiger partial charge on any atom is 0.333 e. The van der Waals surface area contributed by atoms with Gasteiger partial charge >= 0.3 is 6.03 Å². The third-order valence-corrected chi connectivity index (χ3v) is 12.7. The van der Waals surface area contributed by atoms with Gasteiger partial charge in [0.05, 0.1) is 61.8 Å². The van der Waals surface area contributed by atoms with Crippen molar-refractivity contribution in [1.29, 1.82) is 0 Å². The largest absolute Gasteiger partial charge is 0.507 e. The fourth-order valence-electron chi connectivity index (χ4n) is 9.05. The predicted octanol–water partition coefficient (Wildman–Crippen LogP) is -3.22. The van der Waals surface area contributed by atoms with E-state index in [0.717, 1.165) is 17.1 Å². The van der Waals surface area contributed by atoms with Crippen molar-refractivity contribution >= 4 is 53.0 Å². The molecular weight excluding hydrogens is 941 g/mol. The fraction of sp³-hybridized carbons (Fsp3) is 0.489. The zero-order valence-corrected chi connectivity index (χ0v) is 38.7. The van der Waals surface area contributed by atoms with Crippen molar-refractivity contribution < 1.29 is 87.3 Å². The minimum Gasteiger partial charge on any atom is -0.507 e. The summed E-state index contributed by atoms with van der Waals surface area (Å²) in [5.41, 5.74) is -0.149. The molecule has 0 saturated carbocycles. The number of rotatable bonds is 16. The highest BCUT2D eigenvalue weighted by Crippen LogP contribution is 2.52. The number of hydrogen-bond acceptors (Lipinski definition) is 19. The van der Waals surface area contributed by atoms with E-state index in [1.54, 1.807) is 6.92 Å². The van der Waals surface area contributed by atoms with Crippen LogP contribution in [-0.4, -0.2) is 186 Å². The van der Waals surface area contributed by atoms with Gasteiger partial charge in [0, 0.05) is 100 Å². The maximum absolute atomic E-state index is 14.2. The van der Waals surface area contributed by atoms with Gasteiger partial charge in [-0.2, -0.15) is 0 Å². The van der Waals surface area contributed by atoms with Gasteiger partial charge < -0.3 is 65.4 Å². The fourth-order valence-corrected chi connectivity index (χ4v) is 9.05. The quantitative estimate of drug-likeness (QED) is 0.0292. The first-order valence-corrected chi connectivity index (χ1v) is 22.5. The van der Waals surface area contributed by atoms with E-state index >= 15 is 0 Å². The number of ether oxygens (including phenoxy) is 5. The number of carbonyl (C=O) groups excluding carboxylic acids is 9. The highest BCUT2D eigenvalue weighted by Gasteiger charge is 2.51. The third kappa shape index (κ3) is 11.1. The number of ketones is 2. The van der Waals surface area contributed by atoms with E-state index in [1.807, 2.05) is 15.8 Å². The number of phenolic OH excluding ortho intramolecular Hbond substituents is 2. The van der Waals surface area contributed by atoms with Crippen molar-refractivity contribution in [2.45, 2.75) is 75.1 Å². The topological polar surface area (TPSA) is 359 Å². The molecule has 3 heterocycles. The number of benzene rings is 2. The van der Waals surface area contributed by atoms with Crippen LogP contribution in [0.5, 0.6) is 17.2 Å². The summed E-state index contributed by atoms with van der Waals surface area (Å²) in [7, 11) is 2.79. The van der Waals surface area contributed by atoms with Crippen molar-refractivity contribution in [3.8, 4) is 17.2 Å². The van der Waals surface area contributed by atoms with Gasteiger partial charge in [-0.25, -0.2) is 10.2 Å². The first kappa shape index (κ1) is 51.8. The van der Waals surface area contributed by atoms with Crippen molar-refractivity contribution in [1.82, 2.24) is 41.9 Å². The summed E-state index contributed by atoms with van der Waals surface area (Å²) in [6.45, 7) is 0.769. The van der Waals surface area contributed by atoms with Crippen LogP contribution in [0.3, 0.4) is 0 Å². The summed E-state index contributed by atoms with van der Waals surface area (Å²) in [5, 5.41) is 56.7. The zero-order valence-electron chi connectivity index (χ0n) is 38.7. The first-order valence-electron chi connectivity index (χ1n) is 22.5. The average Bonchev–Trinajstić information content (AvgIpc) is 3.68. The van der Waals surface area contributed by atoms with Crippen LogP contribution in [0.2, 0.25) is 0 Å². The lowest BCUT2D eigenvalue weighted by molar-refractivity contribution is -0.266. The van der Waals surface area contributed by atoms with Gasteiger partial charge in [0.25, 0.3) is 23.6 Å². The Morgan fingerprint density at radius 2 is 1.54 bits per heavy atom. The predicted molar refractivity (Wildman–Crippen MR) is 238 cm³/mol. The maximum atomic E-state index is 14.2. The van der Waals surface area contributed by atoms with Gasteiger partial charge in [-0.3, -0.25) is 53.6 Å². The lowest BCUT2D eigenvalue weighted by Crippen LogP contribution is -2.59. The molecule has 2 aromatic rings. The summed E-state index contributed by atoms with van der Waals surface area (Å²) >= 11 is 0. The Morgan fingerprint density at radius 3 is 2.25 bits per heavy atom. The van der Waals surface area contributed by atoms with Crippen LogP contribution in [-0.2, 0) is 54.1 Å². The normalized spacial score (nSPS) is 24.8. The van der Waals surface area contributed by atoms with E-state index in [0.29, 0.717) is 19.7 Å². The molecule has 10 N–H and O–H groups in total. The van der Waals surface area contributed by atoms with E-state index in [1.165, 1.54) is 32.4 Å². The highest BCUT2D eigenvalue weighted by atomic mass is 16.7. The number of fused-ring (bicyclic) bond motifs is 3. The van der Waals surface area contributed by atoms with Crippen LogP contribution in [0.4, 0.5) is 4.79 Å². The molecule has 1 unspecified atom stereocenters. The molecule has 382 valence electrons. The lowest BCUT2D eigenvalue weighted by atomic mass is 9.72. The number of carbonyl (C=O) groups is 9. The Morgan fingerprint density at radius 1 is 0.845 bits per heavy atom. The van der Waals surface area contributed by atoms with Crippen LogP contribution in [0.15, 0.2) is 30.4 Å². The number of aliphatic hydroxyl groups excluding tert-OH is 1. The molecular formula is C45H54N8O18. The highest BCUT2D eigenvalue weighted by molar-refractivity contribution is 6.31. The second kappa shape index (κ2) is 21.9. The Kier molecular flexibility index (Phi) is 16.0. The number of urea groups is 1. The number of aromatic hydroxyl groups is 2. The average molecular weight is 995 g/mol. The number of amides is 8. The second-order valence-electron chi connectivity index (χ2n) is 17.2. The Bertz CT molecular complexity index is 2520. The number of hydrogen-bond donors (Lipinski definition) is 10. The van der Waals surface area contributed by atoms with Gasteiger partial charge in [0.1, 0.15) is 22.8 Å². The summed E-state index contributed by atoms with van der Waals surface area (Å²) in [5.74, 6) is -7.55. The number of nitrogens with zero attached hydrogens (tertiary/aromatic N) is 2. The minimum atomic E-state index is -2.43. The van der Waals surface area contributed by atoms with Gasteiger partial charge in [0.15, 0.2) is 18.4 Å². The molecule has 8 amide bonds. The molecule has 7 rings (SSSR count). The number of hydrazine groups is 1. The summed E-state index contributed by atoms with van der Waals surface area (Å²) in [6, 6.07) is 2.77. The standard InChI is InChI=1S/C45H54N8O18/c1-21-38(59)24(52-13-14-69-33(20-52)68-3)15-32(70-21)71-26-17-45(66,16-23-35(26)42(63)37-36(40(23)61)39(60)22-5-4-6-25(67-2)34(22)41(37)62)43(64)46-10-11-47-44(65)51-50-29(56)19-49-28(55)18-48-27(54)9-12-53-30(57)7-8-31(53)58/h4-8,21,24,26,32-33,38,59,61,63,66H,9-20H2,1-3H3,(H,46,64)(H,48,54)(H,49,55)(H,50,56)(H2,47,51,65)/t21-,24-,26-,32?,33-,38+,45-/m0/s1. The monoisotopic (exact) mass is 994 g/mol. The molecule has 0 aromatic heterocycles. The van der Waals surface area contributed by atoms with Crippen molar-refractivity contribution in [3.63, 3.8) is 0 Å². The molecule has 7 atom stereocenters. The van der Waals surface area contributed by atoms with E-state index in [4.69, 9.17) is 23.7 Å². The van der Waals surface area contributed by atoms with Crippen LogP contribution in [0.1, 0.15) is 75.3 Å². The van der Waals surface area contributed by atoms with Crippen LogP contribution in [0.25, 0.3) is 0 Å². The van der Waals surface area contributed by atoms with E-state index in [2.05, 4.69) is 21.3 Å². The number of aliphatic hydroxyl groups is 2. The van der Waals surface area contributed by atoms with Crippen LogP contribution >= 0.6 is 0 Å².